The van der Waals surface area contributed by atoms with Crippen LogP contribution < -0.4 is 0 Å². The van der Waals surface area contributed by atoms with Gasteiger partial charge in [-0.1, -0.05) is 19.0 Å². The molecule has 0 radical (unpaired) electrons. The second-order valence-corrected chi connectivity index (χ2v) is 7.43. The third-order valence-electron chi connectivity index (χ3n) is 2.75. The molecule has 1 aliphatic rings. The van der Waals surface area contributed by atoms with Crippen LogP contribution in [0.25, 0.3) is 0 Å². The molecule has 0 bridgehead atoms. The fourth-order valence-electron chi connectivity index (χ4n) is 1.69. The maximum absolute atomic E-state index is 10.8. The standard InChI is InChI=1S/C9H12ClNO3S/c1-9(2)4-7(9)8-3-6(11-14-8)5-15(10,12)13/h3,7H,4-5H2,1-2H3. The van der Waals surface area contributed by atoms with Crippen LogP contribution >= 0.6 is 10.7 Å². The summed E-state index contributed by atoms with van der Waals surface area (Å²) in [4.78, 5) is 0. The zero-order valence-corrected chi connectivity index (χ0v) is 10.1. The molecule has 2 rings (SSSR count). The summed E-state index contributed by atoms with van der Waals surface area (Å²) in [6.45, 7) is 4.27. The minimum atomic E-state index is -3.55. The van der Waals surface area contributed by atoms with E-state index in [1.54, 1.807) is 6.07 Å². The number of halogens is 1. The first-order valence-electron chi connectivity index (χ1n) is 4.66. The van der Waals surface area contributed by atoms with Gasteiger partial charge >= 0.3 is 0 Å². The Bertz CT molecular complexity index is 477. The highest BCUT2D eigenvalue weighted by Crippen LogP contribution is 2.58. The van der Waals surface area contributed by atoms with E-state index in [0.717, 1.165) is 12.2 Å². The molecule has 1 heterocycles. The van der Waals surface area contributed by atoms with Gasteiger partial charge in [0.1, 0.15) is 17.2 Å². The monoisotopic (exact) mass is 249 g/mol. The lowest BCUT2D eigenvalue weighted by Gasteiger charge is -1.96. The van der Waals surface area contributed by atoms with Crippen molar-refractivity contribution in [3.63, 3.8) is 0 Å². The van der Waals surface area contributed by atoms with Crippen molar-refractivity contribution in [3.05, 3.63) is 17.5 Å². The van der Waals surface area contributed by atoms with Gasteiger partial charge < -0.3 is 4.52 Å². The van der Waals surface area contributed by atoms with E-state index in [0.29, 0.717) is 11.6 Å². The van der Waals surface area contributed by atoms with E-state index >= 15 is 0 Å². The molecule has 0 amide bonds. The Morgan fingerprint density at radius 3 is 2.73 bits per heavy atom. The third kappa shape index (κ3) is 2.52. The van der Waals surface area contributed by atoms with Gasteiger partial charge in [-0.15, -0.1) is 0 Å². The van der Waals surface area contributed by atoms with E-state index in [2.05, 4.69) is 19.0 Å². The van der Waals surface area contributed by atoms with Crippen LogP contribution in [0, 0.1) is 5.41 Å². The van der Waals surface area contributed by atoms with Gasteiger partial charge in [0.05, 0.1) is 0 Å². The molecule has 1 aliphatic carbocycles. The fourth-order valence-corrected chi connectivity index (χ4v) is 2.51. The van der Waals surface area contributed by atoms with Gasteiger partial charge in [0.15, 0.2) is 0 Å². The fraction of sp³-hybridized carbons (Fsp3) is 0.667. The minimum absolute atomic E-state index is 0.247. The van der Waals surface area contributed by atoms with E-state index in [-0.39, 0.29) is 11.2 Å². The topological polar surface area (TPSA) is 60.2 Å². The molecule has 4 nitrogen and oxygen atoms in total. The Morgan fingerprint density at radius 1 is 1.67 bits per heavy atom. The van der Waals surface area contributed by atoms with Crippen LogP contribution in [-0.4, -0.2) is 13.6 Å². The average Bonchev–Trinajstić information content (AvgIpc) is 2.50. The van der Waals surface area contributed by atoms with Gasteiger partial charge in [-0.05, 0) is 11.8 Å². The van der Waals surface area contributed by atoms with Crippen molar-refractivity contribution in [2.24, 2.45) is 5.41 Å². The SMILES string of the molecule is CC1(C)CC1c1cc(CS(=O)(=O)Cl)no1. The first-order chi connectivity index (χ1) is 6.78. The summed E-state index contributed by atoms with van der Waals surface area (Å²) in [6, 6.07) is 1.68. The molecule has 1 aromatic rings. The molecule has 1 unspecified atom stereocenters. The molecule has 0 aliphatic heterocycles. The third-order valence-corrected chi connectivity index (χ3v) is 3.72. The summed E-state index contributed by atoms with van der Waals surface area (Å²) in [5.41, 5.74) is 0.624. The van der Waals surface area contributed by atoms with Crippen LogP contribution in [0.3, 0.4) is 0 Å². The lowest BCUT2D eigenvalue weighted by molar-refractivity contribution is 0.369. The highest BCUT2D eigenvalue weighted by atomic mass is 35.7. The van der Waals surface area contributed by atoms with Gasteiger partial charge in [-0.3, -0.25) is 0 Å². The second-order valence-electron chi connectivity index (χ2n) is 4.65. The highest BCUT2D eigenvalue weighted by Gasteiger charge is 2.49. The van der Waals surface area contributed by atoms with Crippen LogP contribution in [0.1, 0.15) is 37.6 Å². The average molecular weight is 250 g/mol. The zero-order valence-electron chi connectivity index (χ0n) is 8.53. The van der Waals surface area contributed by atoms with Crippen LogP contribution in [-0.2, 0) is 14.8 Å². The summed E-state index contributed by atoms with van der Waals surface area (Å²) >= 11 is 0. The Kier molecular flexibility index (Phi) is 2.35. The molecule has 0 aromatic carbocycles. The predicted octanol–water partition coefficient (Wildman–Crippen LogP) is 2.26. The van der Waals surface area contributed by atoms with E-state index in [9.17, 15) is 8.42 Å². The summed E-state index contributed by atoms with van der Waals surface area (Å²) in [7, 11) is 1.57. The molecule has 1 fully saturated rings. The Hall–Kier alpha value is -0.550. The van der Waals surface area contributed by atoms with Crippen molar-refractivity contribution in [2.45, 2.75) is 31.9 Å². The Labute approximate surface area is 93.0 Å². The maximum Gasteiger partial charge on any atom is 0.238 e. The van der Waals surface area contributed by atoms with Crippen LogP contribution in [0.5, 0.6) is 0 Å². The Morgan fingerprint density at radius 2 is 2.27 bits per heavy atom. The van der Waals surface area contributed by atoms with Crippen molar-refractivity contribution in [2.75, 3.05) is 0 Å². The predicted molar refractivity (Wildman–Crippen MR) is 56.1 cm³/mol. The lowest BCUT2D eigenvalue weighted by Crippen LogP contribution is -1.94. The quantitative estimate of drug-likeness (QED) is 0.771. The van der Waals surface area contributed by atoms with Gasteiger partial charge in [0.2, 0.25) is 9.05 Å². The normalized spacial score (nSPS) is 24.1. The number of hydrogen-bond donors (Lipinski definition) is 0. The number of hydrogen-bond acceptors (Lipinski definition) is 4. The molecule has 1 aromatic heterocycles. The van der Waals surface area contributed by atoms with Gasteiger partial charge in [-0.25, -0.2) is 8.42 Å². The number of nitrogens with zero attached hydrogens (tertiary/aromatic N) is 1. The van der Waals surface area contributed by atoms with Gasteiger partial charge in [0.25, 0.3) is 0 Å². The van der Waals surface area contributed by atoms with Gasteiger partial charge in [-0.2, -0.15) is 0 Å². The van der Waals surface area contributed by atoms with Crippen LogP contribution in [0.2, 0.25) is 0 Å². The van der Waals surface area contributed by atoms with Crippen molar-refractivity contribution in [1.29, 1.82) is 0 Å². The molecule has 1 saturated carbocycles. The molecular weight excluding hydrogens is 238 g/mol. The highest BCUT2D eigenvalue weighted by molar-refractivity contribution is 8.13. The first-order valence-corrected chi connectivity index (χ1v) is 7.14. The smallest absolute Gasteiger partial charge is 0.238 e. The van der Waals surface area contributed by atoms with Gasteiger partial charge in [0, 0.05) is 22.7 Å². The van der Waals surface area contributed by atoms with E-state index < -0.39 is 9.05 Å². The summed E-state index contributed by atoms with van der Waals surface area (Å²) < 4.78 is 26.7. The maximum atomic E-state index is 10.8. The molecule has 0 spiro atoms. The summed E-state index contributed by atoms with van der Waals surface area (Å²) in [6.07, 6.45) is 1.05. The molecule has 1 atom stereocenters. The molecular formula is C9H12ClNO3S. The minimum Gasteiger partial charge on any atom is -0.361 e. The van der Waals surface area contributed by atoms with Crippen molar-refractivity contribution in [1.82, 2.24) is 5.16 Å². The van der Waals surface area contributed by atoms with E-state index in [1.807, 2.05) is 0 Å². The first kappa shape index (κ1) is 11.0. The van der Waals surface area contributed by atoms with E-state index in [1.165, 1.54) is 0 Å². The van der Waals surface area contributed by atoms with E-state index in [4.69, 9.17) is 15.2 Å². The van der Waals surface area contributed by atoms with Crippen LogP contribution in [0.15, 0.2) is 10.6 Å². The number of aromatic nitrogens is 1. The molecule has 15 heavy (non-hydrogen) atoms. The second kappa shape index (κ2) is 3.22. The summed E-state index contributed by atoms with van der Waals surface area (Å²) in [5, 5.41) is 3.69. The van der Waals surface area contributed by atoms with Crippen LogP contribution in [0.4, 0.5) is 0 Å². The van der Waals surface area contributed by atoms with Crippen molar-refractivity contribution < 1.29 is 12.9 Å². The lowest BCUT2D eigenvalue weighted by atomic mass is 10.1. The Balaban J connectivity index is 2.12. The molecule has 6 heteroatoms. The molecule has 84 valence electrons. The number of rotatable bonds is 3. The summed E-state index contributed by atoms with van der Waals surface area (Å²) in [5.74, 6) is 0.845. The largest absolute Gasteiger partial charge is 0.361 e. The van der Waals surface area contributed by atoms with Crippen molar-refractivity contribution >= 4 is 19.7 Å². The van der Waals surface area contributed by atoms with Crippen molar-refractivity contribution in [3.8, 4) is 0 Å². The molecule has 0 saturated heterocycles. The zero-order chi connectivity index (χ0) is 11.3. The molecule has 0 N–H and O–H groups in total.